The molecule has 2 aromatic rings. The summed E-state index contributed by atoms with van der Waals surface area (Å²) in [6.45, 7) is 1.57. The largest absolute Gasteiger partial charge is 0.457 e. The molecular weight excluding hydrogens is 290 g/mol. The molecule has 0 bridgehead atoms. The van der Waals surface area contributed by atoms with Gasteiger partial charge >= 0.3 is 0 Å². The number of benzene rings is 2. The molecule has 0 aliphatic carbocycles. The number of piperidine rings is 1. The Labute approximate surface area is 136 Å². The van der Waals surface area contributed by atoms with Crippen molar-refractivity contribution in [3.63, 3.8) is 0 Å². The molecule has 3 rings (SSSR count). The van der Waals surface area contributed by atoms with Gasteiger partial charge in [-0.2, -0.15) is 0 Å². The first-order chi connectivity index (χ1) is 11.3. The predicted molar refractivity (Wildman–Crippen MR) is 88.7 cm³/mol. The summed E-state index contributed by atoms with van der Waals surface area (Å²) in [5, 5.41) is 9.22. The van der Waals surface area contributed by atoms with E-state index in [-0.39, 0.29) is 12.5 Å². The normalized spacial score (nSPS) is 15.4. The van der Waals surface area contributed by atoms with Crippen LogP contribution in [0.15, 0.2) is 54.6 Å². The van der Waals surface area contributed by atoms with Crippen LogP contribution in [0.1, 0.15) is 23.2 Å². The molecule has 4 nitrogen and oxygen atoms in total. The molecule has 1 saturated heterocycles. The maximum atomic E-state index is 12.8. The molecule has 23 heavy (non-hydrogen) atoms. The molecule has 0 spiro atoms. The van der Waals surface area contributed by atoms with Gasteiger partial charge in [0.2, 0.25) is 0 Å². The van der Waals surface area contributed by atoms with Crippen LogP contribution < -0.4 is 4.74 Å². The zero-order valence-corrected chi connectivity index (χ0v) is 13.0. The lowest BCUT2D eigenvalue weighted by atomic mass is 9.97. The van der Waals surface area contributed by atoms with E-state index in [4.69, 9.17) is 4.74 Å². The molecule has 0 atom stereocenters. The minimum atomic E-state index is -0.00655. The second-order valence-electron chi connectivity index (χ2n) is 5.83. The van der Waals surface area contributed by atoms with E-state index in [1.807, 2.05) is 53.4 Å². The van der Waals surface area contributed by atoms with Crippen molar-refractivity contribution in [2.24, 2.45) is 5.92 Å². The lowest BCUT2D eigenvalue weighted by Crippen LogP contribution is -2.39. The van der Waals surface area contributed by atoms with E-state index < -0.39 is 0 Å². The summed E-state index contributed by atoms with van der Waals surface area (Å²) in [5.41, 5.74) is 0.582. The van der Waals surface area contributed by atoms with Gasteiger partial charge in [0.05, 0.1) is 5.56 Å². The van der Waals surface area contributed by atoms with Crippen molar-refractivity contribution in [2.75, 3.05) is 19.7 Å². The van der Waals surface area contributed by atoms with E-state index >= 15 is 0 Å². The van der Waals surface area contributed by atoms with E-state index in [1.54, 1.807) is 6.07 Å². The van der Waals surface area contributed by atoms with Gasteiger partial charge in [-0.05, 0) is 43.0 Å². The minimum Gasteiger partial charge on any atom is -0.457 e. The van der Waals surface area contributed by atoms with Crippen LogP contribution in [0.3, 0.4) is 0 Å². The Morgan fingerprint density at radius 3 is 2.39 bits per heavy atom. The van der Waals surface area contributed by atoms with Crippen LogP contribution >= 0.6 is 0 Å². The van der Waals surface area contributed by atoms with E-state index in [0.29, 0.717) is 36.1 Å². The first-order valence-electron chi connectivity index (χ1n) is 8.00. The number of aliphatic hydroxyl groups excluding tert-OH is 1. The van der Waals surface area contributed by atoms with E-state index in [9.17, 15) is 9.90 Å². The van der Waals surface area contributed by atoms with Gasteiger partial charge in [-0.3, -0.25) is 4.79 Å². The van der Waals surface area contributed by atoms with Crippen LogP contribution in [0.5, 0.6) is 11.5 Å². The van der Waals surface area contributed by atoms with Gasteiger partial charge in [0.1, 0.15) is 11.5 Å². The number of para-hydroxylation sites is 2. The van der Waals surface area contributed by atoms with Gasteiger partial charge in [-0.1, -0.05) is 30.3 Å². The molecule has 1 amide bonds. The highest BCUT2D eigenvalue weighted by Gasteiger charge is 2.25. The van der Waals surface area contributed by atoms with E-state index in [2.05, 4.69) is 0 Å². The molecule has 0 radical (unpaired) electrons. The first kappa shape index (κ1) is 15.6. The minimum absolute atomic E-state index is 0.00655. The average Bonchev–Trinajstić information content (AvgIpc) is 2.62. The summed E-state index contributed by atoms with van der Waals surface area (Å²) in [4.78, 5) is 14.6. The molecule has 2 aromatic carbocycles. The molecular formula is C19H21NO3. The van der Waals surface area contributed by atoms with Gasteiger partial charge in [-0.15, -0.1) is 0 Å². The first-order valence-corrected chi connectivity index (χ1v) is 8.00. The fourth-order valence-electron chi connectivity index (χ4n) is 2.84. The molecule has 1 aliphatic heterocycles. The molecule has 0 unspecified atom stereocenters. The number of rotatable bonds is 4. The number of aliphatic hydroxyl groups is 1. The number of hydrogen-bond donors (Lipinski definition) is 1. The third-order valence-electron chi connectivity index (χ3n) is 4.25. The van der Waals surface area contributed by atoms with Gasteiger partial charge in [-0.25, -0.2) is 0 Å². The average molecular weight is 311 g/mol. The van der Waals surface area contributed by atoms with Crippen LogP contribution in [-0.4, -0.2) is 35.6 Å². The second-order valence-corrected chi connectivity index (χ2v) is 5.83. The van der Waals surface area contributed by atoms with Gasteiger partial charge < -0.3 is 14.7 Å². The molecule has 1 fully saturated rings. The summed E-state index contributed by atoms with van der Waals surface area (Å²) >= 11 is 0. The lowest BCUT2D eigenvalue weighted by Gasteiger charge is -2.31. The fraction of sp³-hybridized carbons (Fsp3) is 0.316. The second kappa shape index (κ2) is 7.29. The maximum absolute atomic E-state index is 12.8. The van der Waals surface area contributed by atoms with Gasteiger partial charge in [0.15, 0.2) is 0 Å². The quantitative estimate of drug-likeness (QED) is 0.942. The number of carbonyl (C=O) groups excluding carboxylic acids is 1. The van der Waals surface area contributed by atoms with Crippen molar-refractivity contribution in [3.8, 4) is 11.5 Å². The van der Waals surface area contributed by atoms with Crippen molar-refractivity contribution < 1.29 is 14.6 Å². The van der Waals surface area contributed by atoms with Crippen LogP contribution in [0, 0.1) is 5.92 Å². The molecule has 0 aromatic heterocycles. The lowest BCUT2D eigenvalue weighted by molar-refractivity contribution is 0.0648. The molecule has 1 heterocycles. The van der Waals surface area contributed by atoms with E-state index in [0.717, 1.165) is 12.8 Å². The van der Waals surface area contributed by atoms with E-state index in [1.165, 1.54) is 0 Å². The van der Waals surface area contributed by atoms with Crippen LogP contribution in [-0.2, 0) is 0 Å². The summed E-state index contributed by atoms with van der Waals surface area (Å²) in [5.74, 6) is 1.60. The van der Waals surface area contributed by atoms with Crippen molar-refractivity contribution in [1.29, 1.82) is 0 Å². The fourth-order valence-corrected chi connectivity index (χ4v) is 2.84. The highest BCUT2D eigenvalue weighted by atomic mass is 16.5. The Morgan fingerprint density at radius 2 is 1.70 bits per heavy atom. The third-order valence-corrected chi connectivity index (χ3v) is 4.25. The molecule has 4 heteroatoms. The standard InChI is InChI=1S/C19H21NO3/c21-14-15-10-12-20(13-11-15)19(22)17-8-4-5-9-18(17)23-16-6-2-1-3-7-16/h1-9,15,21H,10-14H2. The molecule has 1 aliphatic rings. The zero-order valence-electron chi connectivity index (χ0n) is 13.0. The number of nitrogens with zero attached hydrogens (tertiary/aromatic N) is 1. The number of likely N-dealkylation sites (tertiary alicyclic amines) is 1. The Morgan fingerprint density at radius 1 is 1.04 bits per heavy atom. The van der Waals surface area contributed by atoms with Crippen molar-refractivity contribution in [2.45, 2.75) is 12.8 Å². The van der Waals surface area contributed by atoms with Gasteiger partial charge in [0.25, 0.3) is 5.91 Å². The Kier molecular flexibility index (Phi) is 4.93. The van der Waals surface area contributed by atoms with Crippen LogP contribution in [0.4, 0.5) is 0 Å². The van der Waals surface area contributed by atoms with Crippen molar-refractivity contribution >= 4 is 5.91 Å². The number of hydrogen-bond acceptors (Lipinski definition) is 3. The summed E-state index contributed by atoms with van der Waals surface area (Å²) in [6.07, 6.45) is 1.70. The Hall–Kier alpha value is -2.33. The maximum Gasteiger partial charge on any atom is 0.257 e. The SMILES string of the molecule is O=C(c1ccccc1Oc1ccccc1)N1CCC(CO)CC1. The Bertz CT molecular complexity index is 649. The van der Waals surface area contributed by atoms with Crippen molar-refractivity contribution in [1.82, 2.24) is 4.90 Å². The number of ether oxygens (including phenoxy) is 1. The van der Waals surface area contributed by atoms with Crippen LogP contribution in [0.2, 0.25) is 0 Å². The van der Waals surface area contributed by atoms with Gasteiger partial charge in [0, 0.05) is 19.7 Å². The zero-order chi connectivity index (χ0) is 16.1. The number of carbonyl (C=O) groups is 1. The Balaban J connectivity index is 1.76. The molecule has 120 valence electrons. The smallest absolute Gasteiger partial charge is 0.257 e. The molecule has 1 N–H and O–H groups in total. The summed E-state index contributed by atoms with van der Waals surface area (Å²) in [7, 11) is 0. The summed E-state index contributed by atoms with van der Waals surface area (Å²) in [6, 6.07) is 16.8. The number of amides is 1. The topological polar surface area (TPSA) is 49.8 Å². The van der Waals surface area contributed by atoms with Crippen molar-refractivity contribution in [3.05, 3.63) is 60.2 Å². The predicted octanol–water partition coefficient (Wildman–Crippen LogP) is 3.32. The summed E-state index contributed by atoms with van der Waals surface area (Å²) < 4.78 is 5.88. The highest BCUT2D eigenvalue weighted by Crippen LogP contribution is 2.27. The highest BCUT2D eigenvalue weighted by molar-refractivity contribution is 5.97. The third kappa shape index (κ3) is 3.71. The van der Waals surface area contributed by atoms with Crippen LogP contribution in [0.25, 0.3) is 0 Å². The monoisotopic (exact) mass is 311 g/mol. The molecule has 0 saturated carbocycles.